The van der Waals surface area contributed by atoms with Crippen molar-refractivity contribution in [3.8, 4) is 0 Å². The van der Waals surface area contributed by atoms with Gasteiger partial charge in [0, 0.05) is 12.4 Å². The second-order valence-electron chi connectivity index (χ2n) is 4.88. The van der Waals surface area contributed by atoms with E-state index in [0.717, 1.165) is 0 Å². The van der Waals surface area contributed by atoms with Crippen molar-refractivity contribution in [2.75, 3.05) is 12.3 Å². The molecule has 0 saturated carbocycles. The summed E-state index contributed by atoms with van der Waals surface area (Å²) in [5, 5.41) is 0. The highest BCUT2D eigenvalue weighted by molar-refractivity contribution is 7.21. The quantitative estimate of drug-likeness (QED) is 0.861. The fraction of sp³-hybridized carbons (Fsp3) is 0.417. The first-order chi connectivity index (χ1) is 8.38. The van der Waals surface area contributed by atoms with Crippen LogP contribution >= 0.6 is 11.3 Å². The van der Waals surface area contributed by atoms with Crippen molar-refractivity contribution in [1.82, 2.24) is 9.97 Å². The van der Waals surface area contributed by atoms with Crippen LogP contribution in [-0.2, 0) is 4.74 Å². The van der Waals surface area contributed by atoms with Crippen molar-refractivity contribution >= 4 is 33.2 Å². The van der Waals surface area contributed by atoms with Crippen LogP contribution in [0.1, 0.15) is 30.4 Å². The molecule has 0 saturated heterocycles. The molecule has 0 aliphatic heterocycles. The molecule has 0 bridgehead atoms. The SMILES string of the molecule is CC(C)(C)OCC(=O)c1sc2nccnc2c1N. The second kappa shape index (κ2) is 4.62. The molecule has 2 N–H and O–H groups in total. The number of hydrogen-bond donors (Lipinski definition) is 1. The van der Waals surface area contributed by atoms with E-state index in [1.165, 1.54) is 11.3 Å². The molecule has 0 aromatic carbocycles. The van der Waals surface area contributed by atoms with Crippen molar-refractivity contribution in [2.24, 2.45) is 0 Å². The molecule has 0 fully saturated rings. The standard InChI is InChI=1S/C12H15N3O2S/c1-12(2,3)17-6-7(16)10-8(13)9-11(18-10)15-5-4-14-9/h4-5H,6,13H2,1-3H3. The van der Waals surface area contributed by atoms with E-state index in [2.05, 4.69) is 9.97 Å². The van der Waals surface area contributed by atoms with E-state index in [0.29, 0.717) is 20.9 Å². The van der Waals surface area contributed by atoms with Gasteiger partial charge >= 0.3 is 0 Å². The molecule has 6 heteroatoms. The number of nitrogens with two attached hydrogens (primary N) is 1. The van der Waals surface area contributed by atoms with Crippen LogP contribution in [0.25, 0.3) is 10.3 Å². The number of ketones is 1. The van der Waals surface area contributed by atoms with Crippen molar-refractivity contribution in [3.63, 3.8) is 0 Å². The zero-order chi connectivity index (χ0) is 13.3. The van der Waals surface area contributed by atoms with Gasteiger partial charge in [-0.2, -0.15) is 0 Å². The number of carbonyl (C=O) groups is 1. The summed E-state index contributed by atoms with van der Waals surface area (Å²) in [7, 11) is 0. The van der Waals surface area contributed by atoms with Crippen LogP contribution in [0.4, 0.5) is 5.69 Å². The number of thiophene rings is 1. The molecular weight excluding hydrogens is 250 g/mol. The van der Waals surface area contributed by atoms with Crippen LogP contribution in [0.15, 0.2) is 12.4 Å². The van der Waals surface area contributed by atoms with Crippen molar-refractivity contribution < 1.29 is 9.53 Å². The zero-order valence-electron chi connectivity index (χ0n) is 10.6. The number of nitrogen functional groups attached to an aromatic ring is 1. The molecule has 96 valence electrons. The van der Waals surface area contributed by atoms with Crippen LogP contribution in [0.3, 0.4) is 0 Å². The summed E-state index contributed by atoms with van der Waals surface area (Å²) in [6.45, 7) is 5.72. The molecule has 5 nitrogen and oxygen atoms in total. The summed E-state index contributed by atoms with van der Waals surface area (Å²) in [6.07, 6.45) is 3.14. The average molecular weight is 265 g/mol. The average Bonchev–Trinajstić information content (AvgIpc) is 2.64. The second-order valence-corrected chi connectivity index (χ2v) is 5.88. The lowest BCUT2D eigenvalue weighted by Gasteiger charge is -2.18. The normalized spacial score (nSPS) is 11.9. The highest BCUT2D eigenvalue weighted by Gasteiger charge is 2.20. The molecule has 0 aliphatic rings. The smallest absolute Gasteiger partial charge is 0.200 e. The van der Waals surface area contributed by atoms with Gasteiger partial charge in [-0.15, -0.1) is 11.3 Å². The molecule has 2 aromatic heterocycles. The maximum atomic E-state index is 12.0. The largest absolute Gasteiger partial charge is 0.396 e. The highest BCUT2D eigenvalue weighted by atomic mass is 32.1. The Morgan fingerprint density at radius 2 is 2.06 bits per heavy atom. The fourth-order valence-electron chi connectivity index (χ4n) is 1.40. The Morgan fingerprint density at radius 3 is 2.67 bits per heavy atom. The summed E-state index contributed by atoms with van der Waals surface area (Å²) in [5.74, 6) is -0.132. The minimum Gasteiger partial charge on any atom is -0.396 e. The summed E-state index contributed by atoms with van der Waals surface area (Å²) in [6, 6.07) is 0. The molecular formula is C12H15N3O2S. The van der Waals surface area contributed by atoms with Crippen LogP contribution in [-0.4, -0.2) is 28.0 Å². The van der Waals surface area contributed by atoms with Crippen LogP contribution in [0.2, 0.25) is 0 Å². The minimum atomic E-state index is -0.350. The molecule has 0 amide bonds. The Bertz CT molecular complexity index is 587. The molecule has 2 aromatic rings. The third-order valence-electron chi connectivity index (χ3n) is 2.25. The predicted octanol–water partition coefficient (Wildman–Crippen LogP) is 2.27. The molecule has 0 aliphatic carbocycles. The van der Waals surface area contributed by atoms with Crippen LogP contribution in [0, 0.1) is 0 Å². The van der Waals surface area contributed by atoms with Gasteiger partial charge in [-0.05, 0) is 20.8 Å². The highest BCUT2D eigenvalue weighted by Crippen LogP contribution is 2.30. The monoisotopic (exact) mass is 265 g/mol. The number of aromatic nitrogens is 2. The Kier molecular flexibility index (Phi) is 3.32. The third kappa shape index (κ3) is 2.65. The number of Topliss-reactive ketones (excluding diaryl/α,β-unsaturated/α-hetero) is 1. The van der Waals surface area contributed by atoms with E-state index >= 15 is 0 Å². The van der Waals surface area contributed by atoms with Gasteiger partial charge in [0.25, 0.3) is 0 Å². The van der Waals surface area contributed by atoms with E-state index in [9.17, 15) is 4.79 Å². The van der Waals surface area contributed by atoms with Crippen LogP contribution < -0.4 is 5.73 Å². The van der Waals surface area contributed by atoms with Gasteiger partial charge in [-0.25, -0.2) is 9.97 Å². The summed E-state index contributed by atoms with van der Waals surface area (Å²) >= 11 is 1.25. The summed E-state index contributed by atoms with van der Waals surface area (Å²) in [4.78, 5) is 21.4. The Labute approximate surface area is 109 Å². The third-order valence-corrected chi connectivity index (χ3v) is 3.40. The number of ether oxygens (including phenoxy) is 1. The molecule has 18 heavy (non-hydrogen) atoms. The lowest BCUT2D eigenvalue weighted by molar-refractivity contribution is 0.00327. The number of fused-ring (bicyclic) bond motifs is 1. The minimum absolute atomic E-state index is 0.0144. The Morgan fingerprint density at radius 1 is 1.39 bits per heavy atom. The van der Waals surface area contributed by atoms with Gasteiger partial charge in [0.2, 0.25) is 5.78 Å². The van der Waals surface area contributed by atoms with E-state index in [4.69, 9.17) is 10.5 Å². The molecule has 0 atom stereocenters. The lowest BCUT2D eigenvalue weighted by Crippen LogP contribution is -2.23. The lowest BCUT2D eigenvalue weighted by atomic mass is 10.2. The molecule has 0 radical (unpaired) electrons. The van der Waals surface area contributed by atoms with E-state index in [1.54, 1.807) is 12.4 Å². The van der Waals surface area contributed by atoms with E-state index < -0.39 is 0 Å². The maximum absolute atomic E-state index is 12.0. The maximum Gasteiger partial charge on any atom is 0.200 e. The zero-order valence-corrected chi connectivity index (χ0v) is 11.4. The molecule has 2 heterocycles. The van der Waals surface area contributed by atoms with Gasteiger partial charge in [0.05, 0.1) is 16.2 Å². The summed E-state index contributed by atoms with van der Waals surface area (Å²) < 4.78 is 5.46. The van der Waals surface area contributed by atoms with Crippen molar-refractivity contribution in [3.05, 3.63) is 17.3 Å². The molecule has 2 rings (SSSR count). The number of rotatable bonds is 3. The first kappa shape index (κ1) is 12.9. The van der Waals surface area contributed by atoms with Gasteiger partial charge in [-0.3, -0.25) is 4.79 Å². The number of nitrogens with zero attached hydrogens (tertiary/aromatic N) is 2. The molecule has 0 spiro atoms. The van der Waals surface area contributed by atoms with Gasteiger partial charge in [-0.1, -0.05) is 0 Å². The number of carbonyl (C=O) groups excluding carboxylic acids is 1. The van der Waals surface area contributed by atoms with Crippen molar-refractivity contribution in [1.29, 1.82) is 0 Å². The van der Waals surface area contributed by atoms with Gasteiger partial charge in [0.15, 0.2) is 0 Å². The van der Waals surface area contributed by atoms with Gasteiger partial charge in [0.1, 0.15) is 17.0 Å². The number of anilines is 1. The Balaban J connectivity index is 2.26. The topological polar surface area (TPSA) is 78.1 Å². The van der Waals surface area contributed by atoms with Crippen molar-refractivity contribution in [2.45, 2.75) is 26.4 Å². The first-order valence-corrected chi connectivity index (χ1v) is 6.36. The predicted molar refractivity (Wildman–Crippen MR) is 71.9 cm³/mol. The summed E-state index contributed by atoms with van der Waals surface area (Å²) in [5.41, 5.74) is 6.54. The number of hydrogen-bond acceptors (Lipinski definition) is 6. The van der Waals surface area contributed by atoms with Crippen LogP contribution in [0.5, 0.6) is 0 Å². The fourth-order valence-corrected chi connectivity index (χ4v) is 2.34. The van der Waals surface area contributed by atoms with Gasteiger partial charge < -0.3 is 10.5 Å². The van der Waals surface area contributed by atoms with E-state index in [1.807, 2.05) is 20.8 Å². The Hall–Kier alpha value is -1.53. The molecule has 0 unspecified atom stereocenters. The van der Waals surface area contributed by atoms with E-state index in [-0.39, 0.29) is 18.0 Å². The first-order valence-electron chi connectivity index (χ1n) is 5.54.